The molecule has 1 rings (SSSR count). The summed E-state index contributed by atoms with van der Waals surface area (Å²) < 4.78 is 4.49. The van der Waals surface area contributed by atoms with Gasteiger partial charge in [-0.05, 0) is 19.8 Å². The van der Waals surface area contributed by atoms with Crippen molar-refractivity contribution in [2.24, 2.45) is 5.92 Å². The molecule has 1 aliphatic rings. The van der Waals surface area contributed by atoms with Crippen LogP contribution >= 0.6 is 0 Å². The van der Waals surface area contributed by atoms with Crippen molar-refractivity contribution in [3.63, 3.8) is 0 Å². The van der Waals surface area contributed by atoms with Crippen molar-refractivity contribution in [1.82, 2.24) is 10.2 Å². The molecular formula is C11H18N2O5. The van der Waals surface area contributed by atoms with E-state index in [-0.39, 0.29) is 6.54 Å². The van der Waals surface area contributed by atoms with Gasteiger partial charge in [-0.15, -0.1) is 0 Å². The van der Waals surface area contributed by atoms with Crippen LogP contribution < -0.4 is 5.32 Å². The molecule has 18 heavy (non-hydrogen) atoms. The minimum Gasteiger partial charge on any atom is -0.481 e. The standard InChI is InChI=1S/C11H18N2O5/c1-7(10(16)18-2)12-11(17)13-5-3-4-8(6-13)9(14)15/h7-8H,3-6H2,1-2H3,(H,12,17)(H,14,15). The first kappa shape index (κ1) is 14.3. The predicted molar refractivity (Wildman–Crippen MR) is 61.9 cm³/mol. The molecule has 0 aromatic heterocycles. The molecule has 0 aromatic rings. The van der Waals surface area contributed by atoms with E-state index in [4.69, 9.17) is 5.11 Å². The molecule has 1 fully saturated rings. The van der Waals surface area contributed by atoms with Gasteiger partial charge in [-0.3, -0.25) is 4.79 Å². The Morgan fingerprint density at radius 3 is 2.67 bits per heavy atom. The fourth-order valence-electron chi connectivity index (χ4n) is 1.88. The van der Waals surface area contributed by atoms with Gasteiger partial charge in [0.05, 0.1) is 13.0 Å². The second-order valence-corrected chi connectivity index (χ2v) is 4.32. The quantitative estimate of drug-likeness (QED) is 0.697. The lowest BCUT2D eigenvalue weighted by Crippen LogP contribution is -2.51. The van der Waals surface area contributed by atoms with E-state index in [2.05, 4.69) is 10.1 Å². The first-order chi connectivity index (χ1) is 8.45. The first-order valence-electron chi connectivity index (χ1n) is 5.81. The van der Waals surface area contributed by atoms with Crippen molar-refractivity contribution in [3.8, 4) is 0 Å². The third-order valence-electron chi connectivity index (χ3n) is 2.95. The monoisotopic (exact) mass is 258 g/mol. The molecule has 102 valence electrons. The minimum atomic E-state index is -0.895. The van der Waals surface area contributed by atoms with Crippen molar-refractivity contribution >= 4 is 18.0 Å². The average Bonchev–Trinajstić information content (AvgIpc) is 2.37. The van der Waals surface area contributed by atoms with Crippen LogP contribution in [0.1, 0.15) is 19.8 Å². The van der Waals surface area contributed by atoms with Gasteiger partial charge in [-0.2, -0.15) is 0 Å². The topological polar surface area (TPSA) is 95.9 Å². The van der Waals surface area contributed by atoms with E-state index in [1.165, 1.54) is 18.9 Å². The zero-order valence-electron chi connectivity index (χ0n) is 10.5. The number of nitrogens with one attached hydrogen (secondary N) is 1. The van der Waals surface area contributed by atoms with E-state index in [1.54, 1.807) is 0 Å². The number of piperidine rings is 1. The van der Waals surface area contributed by atoms with E-state index < -0.39 is 29.9 Å². The van der Waals surface area contributed by atoms with Gasteiger partial charge in [0, 0.05) is 13.1 Å². The van der Waals surface area contributed by atoms with E-state index in [1.807, 2.05) is 0 Å². The zero-order valence-corrected chi connectivity index (χ0v) is 10.5. The maximum atomic E-state index is 11.8. The number of ether oxygens (including phenoxy) is 1. The molecule has 0 aliphatic carbocycles. The fraction of sp³-hybridized carbons (Fsp3) is 0.727. The molecule has 7 nitrogen and oxygen atoms in total. The number of rotatable bonds is 3. The molecule has 0 radical (unpaired) electrons. The van der Waals surface area contributed by atoms with Gasteiger partial charge in [-0.25, -0.2) is 9.59 Å². The Bertz CT molecular complexity index is 344. The molecule has 1 saturated heterocycles. The Labute approximate surface area is 105 Å². The molecule has 2 unspecified atom stereocenters. The lowest BCUT2D eigenvalue weighted by Gasteiger charge is -2.31. The zero-order chi connectivity index (χ0) is 13.7. The van der Waals surface area contributed by atoms with Crippen molar-refractivity contribution in [1.29, 1.82) is 0 Å². The fourth-order valence-corrected chi connectivity index (χ4v) is 1.88. The molecule has 2 N–H and O–H groups in total. The number of carboxylic acids is 1. The highest BCUT2D eigenvalue weighted by Crippen LogP contribution is 2.16. The Kier molecular flexibility index (Phi) is 4.94. The molecule has 0 bridgehead atoms. The van der Waals surface area contributed by atoms with Gasteiger partial charge >= 0.3 is 18.0 Å². The maximum Gasteiger partial charge on any atom is 0.328 e. The van der Waals surface area contributed by atoms with Crippen LogP contribution in [0.15, 0.2) is 0 Å². The van der Waals surface area contributed by atoms with E-state index in [0.29, 0.717) is 19.4 Å². The predicted octanol–water partition coefficient (Wildman–Crippen LogP) is 0.0541. The molecule has 0 saturated carbocycles. The molecule has 0 aromatic carbocycles. The van der Waals surface area contributed by atoms with Crippen LogP contribution in [0, 0.1) is 5.92 Å². The van der Waals surface area contributed by atoms with Gasteiger partial charge in [0.2, 0.25) is 0 Å². The van der Waals surface area contributed by atoms with Crippen LogP contribution in [0.25, 0.3) is 0 Å². The molecule has 2 amide bonds. The van der Waals surface area contributed by atoms with E-state index in [0.717, 1.165) is 0 Å². The SMILES string of the molecule is COC(=O)C(C)NC(=O)N1CCCC(C(=O)O)C1. The van der Waals surface area contributed by atoms with Crippen LogP contribution in [0.5, 0.6) is 0 Å². The summed E-state index contributed by atoms with van der Waals surface area (Å²) in [6.45, 7) is 2.20. The summed E-state index contributed by atoms with van der Waals surface area (Å²) in [4.78, 5) is 35.2. The van der Waals surface area contributed by atoms with Gasteiger partial charge < -0.3 is 20.1 Å². The van der Waals surface area contributed by atoms with Crippen LogP contribution in [0.2, 0.25) is 0 Å². The molecule has 2 atom stereocenters. The summed E-state index contributed by atoms with van der Waals surface area (Å²) in [5, 5.41) is 11.4. The van der Waals surface area contributed by atoms with Crippen molar-refractivity contribution < 1.29 is 24.2 Å². The normalized spacial score (nSPS) is 21.0. The molecule has 1 aliphatic heterocycles. The Hall–Kier alpha value is -1.79. The van der Waals surface area contributed by atoms with E-state index >= 15 is 0 Å². The number of urea groups is 1. The highest BCUT2D eigenvalue weighted by atomic mass is 16.5. The van der Waals surface area contributed by atoms with Crippen LogP contribution in [-0.4, -0.2) is 54.2 Å². The largest absolute Gasteiger partial charge is 0.481 e. The van der Waals surface area contributed by atoms with E-state index in [9.17, 15) is 14.4 Å². The van der Waals surface area contributed by atoms with Gasteiger partial charge in [0.1, 0.15) is 6.04 Å². The first-order valence-corrected chi connectivity index (χ1v) is 5.81. The summed E-state index contributed by atoms with van der Waals surface area (Å²) in [6, 6.07) is -1.17. The second kappa shape index (κ2) is 6.23. The van der Waals surface area contributed by atoms with Gasteiger partial charge in [0.25, 0.3) is 0 Å². The highest BCUT2D eigenvalue weighted by molar-refractivity contribution is 5.83. The summed E-state index contributed by atoms with van der Waals surface area (Å²) >= 11 is 0. The third kappa shape index (κ3) is 3.61. The smallest absolute Gasteiger partial charge is 0.328 e. The number of esters is 1. The Morgan fingerprint density at radius 2 is 2.11 bits per heavy atom. The van der Waals surface area contributed by atoms with Crippen LogP contribution in [-0.2, 0) is 14.3 Å². The number of carbonyl (C=O) groups excluding carboxylic acids is 2. The van der Waals surface area contributed by atoms with Gasteiger partial charge in [0.15, 0.2) is 0 Å². The van der Waals surface area contributed by atoms with Crippen molar-refractivity contribution in [2.75, 3.05) is 20.2 Å². The number of nitrogens with zero attached hydrogens (tertiary/aromatic N) is 1. The molecule has 0 spiro atoms. The van der Waals surface area contributed by atoms with Gasteiger partial charge in [-0.1, -0.05) is 0 Å². The summed E-state index contributed by atoms with van der Waals surface area (Å²) in [7, 11) is 1.24. The molecule has 7 heteroatoms. The number of carboxylic acid groups (broad SMARTS) is 1. The number of hydrogen-bond donors (Lipinski definition) is 2. The van der Waals surface area contributed by atoms with Crippen molar-refractivity contribution in [3.05, 3.63) is 0 Å². The van der Waals surface area contributed by atoms with Crippen LogP contribution in [0.4, 0.5) is 4.79 Å². The Morgan fingerprint density at radius 1 is 1.44 bits per heavy atom. The summed E-state index contributed by atoms with van der Waals surface area (Å²) in [5.41, 5.74) is 0. The maximum absolute atomic E-state index is 11.8. The number of hydrogen-bond acceptors (Lipinski definition) is 4. The molecule has 1 heterocycles. The second-order valence-electron chi connectivity index (χ2n) is 4.32. The number of amides is 2. The number of methoxy groups -OCH3 is 1. The summed E-state index contributed by atoms with van der Waals surface area (Å²) in [5.74, 6) is -1.96. The Balaban J connectivity index is 2.51. The summed E-state index contributed by atoms with van der Waals surface area (Å²) in [6.07, 6.45) is 1.22. The minimum absolute atomic E-state index is 0.176. The number of carbonyl (C=O) groups is 3. The molecular weight excluding hydrogens is 240 g/mol. The third-order valence-corrected chi connectivity index (χ3v) is 2.95. The number of aliphatic carboxylic acids is 1. The lowest BCUT2D eigenvalue weighted by molar-refractivity contribution is -0.144. The highest BCUT2D eigenvalue weighted by Gasteiger charge is 2.29. The average molecular weight is 258 g/mol. The van der Waals surface area contributed by atoms with Crippen LogP contribution in [0.3, 0.4) is 0 Å². The number of likely N-dealkylation sites (tertiary alicyclic amines) is 1. The van der Waals surface area contributed by atoms with Crippen molar-refractivity contribution in [2.45, 2.75) is 25.8 Å². The lowest BCUT2D eigenvalue weighted by atomic mass is 9.99.